The van der Waals surface area contributed by atoms with Crippen LogP contribution in [0.4, 0.5) is 5.69 Å². The summed E-state index contributed by atoms with van der Waals surface area (Å²) in [6.07, 6.45) is 6.45. The first-order valence-electron chi connectivity index (χ1n) is 14.0. The van der Waals surface area contributed by atoms with Crippen molar-refractivity contribution < 1.29 is 18.0 Å². The van der Waals surface area contributed by atoms with Gasteiger partial charge < -0.3 is 10.2 Å². The minimum Gasteiger partial charge on any atom is -0.352 e. The third-order valence-corrected chi connectivity index (χ3v) is 8.98. The van der Waals surface area contributed by atoms with Crippen LogP contribution in [-0.2, 0) is 32.6 Å². The van der Waals surface area contributed by atoms with E-state index >= 15 is 0 Å². The molecule has 0 bridgehead atoms. The fourth-order valence-electron chi connectivity index (χ4n) is 5.31. The van der Waals surface area contributed by atoms with E-state index in [1.807, 2.05) is 61.5 Å². The van der Waals surface area contributed by atoms with Crippen molar-refractivity contribution in [1.29, 1.82) is 0 Å². The highest BCUT2D eigenvalue weighted by Crippen LogP contribution is 2.24. The average molecular weight is 596 g/mol. The highest BCUT2D eigenvalue weighted by molar-refractivity contribution is 7.92. The first kappa shape index (κ1) is 30.6. The summed E-state index contributed by atoms with van der Waals surface area (Å²) in [5.41, 5.74) is 3.06. The molecule has 0 aromatic heterocycles. The number of sulfonamides is 1. The van der Waals surface area contributed by atoms with E-state index < -0.39 is 28.5 Å². The van der Waals surface area contributed by atoms with Crippen molar-refractivity contribution in [2.75, 3.05) is 17.1 Å². The van der Waals surface area contributed by atoms with E-state index in [1.54, 1.807) is 18.2 Å². The number of rotatable bonds is 11. The molecular formula is C32H38ClN3O4S. The lowest BCUT2D eigenvalue weighted by molar-refractivity contribution is -0.140. The van der Waals surface area contributed by atoms with E-state index in [4.69, 9.17) is 11.6 Å². The molecule has 1 atom stereocenters. The molecule has 1 N–H and O–H groups in total. The Morgan fingerprint density at radius 3 is 2.29 bits per heavy atom. The summed E-state index contributed by atoms with van der Waals surface area (Å²) >= 11 is 6.17. The second kappa shape index (κ2) is 14.0. The van der Waals surface area contributed by atoms with E-state index in [-0.39, 0.29) is 24.2 Å². The fraction of sp³-hybridized carbons (Fsp3) is 0.375. The molecule has 0 heterocycles. The van der Waals surface area contributed by atoms with Gasteiger partial charge in [-0.15, -0.1) is 0 Å². The van der Waals surface area contributed by atoms with Gasteiger partial charge in [0.2, 0.25) is 21.8 Å². The number of carbonyl (C=O) groups is 2. The van der Waals surface area contributed by atoms with Gasteiger partial charge in [-0.05, 0) is 54.7 Å². The smallest absolute Gasteiger partial charge is 0.244 e. The minimum atomic E-state index is -3.85. The van der Waals surface area contributed by atoms with Gasteiger partial charge in [0, 0.05) is 24.0 Å². The zero-order valence-corrected chi connectivity index (χ0v) is 25.2. The van der Waals surface area contributed by atoms with Crippen molar-refractivity contribution >= 4 is 39.1 Å². The number of halogens is 1. The van der Waals surface area contributed by atoms with E-state index in [0.29, 0.717) is 11.4 Å². The maximum atomic E-state index is 14.2. The molecule has 2 amide bonds. The van der Waals surface area contributed by atoms with E-state index in [2.05, 4.69) is 5.32 Å². The molecule has 1 saturated carbocycles. The number of nitrogens with one attached hydrogen (secondary N) is 1. The molecule has 0 saturated heterocycles. The second-order valence-corrected chi connectivity index (χ2v) is 13.1. The van der Waals surface area contributed by atoms with Crippen LogP contribution in [0.2, 0.25) is 5.02 Å². The van der Waals surface area contributed by atoms with Crippen molar-refractivity contribution in [2.45, 2.75) is 64.1 Å². The van der Waals surface area contributed by atoms with Gasteiger partial charge in [-0.25, -0.2) is 8.42 Å². The lowest BCUT2D eigenvalue weighted by Crippen LogP contribution is -2.55. The number of amides is 2. The van der Waals surface area contributed by atoms with Gasteiger partial charge in [-0.1, -0.05) is 91.5 Å². The highest BCUT2D eigenvalue weighted by Gasteiger charge is 2.34. The van der Waals surface area contributed by atoms with Crippen LogP contribution in [0.5, 0.6) is 0 Å². The van der Waals surface area contributed by atoms with Crippen molar-refractivity contribution in [2.24, 2.45) is 0 Å². The monoisotopic (exact) mass is 595 g/mol. The van der Waals surface area contributed by atoms with Crippen molar-refractivity contribution in [3.8, 4) is 0 Å². The molecule has 0 aliphatic heterocycles. The molecule has 4 rings (SSSR count). The molecule has 7 nitrogen and oxygen atoms in total. The van der Waals surface area contributed by atoms with E-state index in [1.165, 1.54) is 11.0 Å². The van der Waals surface area contributed by atoms with Crippen LogP contribution in [0.3, 0.4) is 0 Å². The molecule has 9 heteroatoms. The fourth-order valence-corrected chi connectivity index (χ4v) is 6.34. The number of hydrogen-bond donors (Lipinski definition) is 1. The van der Waals surface area contributed by atoms with Gasteiger partial charge in [0.05, 0.1) is 11.9 Å². The van der Waals surface area contributed by atoms with Crippen molar-refractivity contribution in [1.82, 2.24) is 10.2 Å². The maximum absolute atomic E-state index is 14.2. The number of nitrogens with zero attached hydrogens (tertiary/aromatic N) is 2. The zero-order valence-electron chi connectivity index (χ0n) is 23.6. The van der Waals surface area contributed by atoms with Gasteiger partial charge in [-0.2, -0.15) is 0 Å². The Morgan fingerprint density at radius 2 is 1.63 bits per heavy atom. The summed E-state index contributed by atoms with van der Waals surface area (Å²) in [6.45, 7) is 1.66. The molecule has 0 radical (unpaired) electrons. The normalized spacial score (nSPS) is 14.7. The zero-order chi connectivity index (χ0) is 29.4. The van der Waals surface area contributed by atoms with Crippen molar-refractivity contribution in [3.05, 3.63) is 101 Å². The predicted molar refractivity (Wildman–Crippen MR) is 164 cm³/mol. The lowest BCUT2D eigenvalue weighted by atomic mass is 9.94. The maximum Gasteiger partial charge on any atom is 0.244 e. The summed E-state index contributed by atoms with van der Waals surface area (Å²) in [5.74, 6) is -0.699. The molecule has 1 unspecified atom stereocenters. The Bertz CT molecular complexity index is 1440. The van der Waals surface area contributed by atoms with Crippen LogP contribution in [0, 0.1) is 6.92 Å². The number of aryl methyl sites for hydroxylation is 1. The van der Waals surface area contributed by atoms with Gasteiger partial charge in [0.1, 0.15) is 12.6 Å². The van der Waals surface area contributed by atoms with Gasteiger partial charge in [-0.3, -0.25) is 13.9 Å². The standard InChI is InChI=1S/C32H38ClN3O4S/c1-24-12-9-10-15-26(24)22-35(31(37)23-36(41(2,39)40)29-19-11-16-27(33)21-29)30(20-25-13-5-3-6-14-25)32(38)34-28-17-7-4-8-18-28/h3,5-6,9-16,19,21,28,30H,4,7-8,17-18,20,22-23H2,1-2H3,(H,34,38). The third-order valence-electron chi connectivity index (χ3n) is 7.60. The van der Waals surface area contributed by atoms with Crippen LogP contribution < -0.4 is 9.62 Å². The summed E-state index contributed by atoms with van der Waals surface area (Å²) in [6, 6.07) is 22.9. The Kier molecular flexibility index (Phi) is 10.5. The number of benzene rings is 3. The molecular weight excluding hydrogens is 558 g/mol. The SMILES string of the molecule is Cc1ccccc1CN(C(=O)CN(c1cccc(Cl)c1)S(C)(=O)=O)C(Cc1ccccc1)C(=O)NC1CCCCC1. The number of carbonyl (C=O) groups excluding carboxylic acids is 2. The van der Waals surface area contributed by atoms with E-state index in [0.717, 1.165) is 59.4 Å². The average Bonchev–Trinajstić information content (AvgIpc) is 2.95. The summed E-state index contributed by atoms with van der Waals surface area (Å²) in [5, 5.41) is 3.57. The highest BCUT2D eigenvalue weighted by atomic mass is 35.5. The predicted octanol–water partition coefficient (Wildman–Crippen LogP) is 5.50. The lowest BCUT2D eigenvalue weighted by Gasteiger charge is -2.35. The van der Waals surface area contributed by atoms with E-state index in [9.17, 15) is 18.0 Å². The third kappa shape index (κ3) is 8.57. The molecule has 1 fully saturated rings. The van der Waals surface area contributed by atoms with Crippen LogP contribution >= 0.6 is 11.6 Å². The molecule has 3 aromatic rings. The summed E-state index contributed by atoms with van der Waals surface area (Å²) in [4.78, 5) is 29.7. The van der Waals surface area contributed by atoms with Crippen molar-refractivity contribution in [3.63, 3.8) is 0 Å². The van der Waals surface area contributed by atoms with Gasteiger partial charge in [0.15, 0.2) is 0 Å². The summed E-state index contributed by atoms with van der Waals surface area (Å²) in [7, 11) is -3.85. The molecule has 0 spiro atoms. The molecule has 41 heavy (non-hydrogen) atoms. The number of anilines is 1. The Hall–Kier alpha value is -3.36. The molecule has 3 aromatic carbocycles. The van der Waals surface area contributed by atoms with Crippen LogP contribution in [0.1, 0.15) is 48.8 Å². The Labute approximate surface area is 248 Å². The topological polar surface area (TPSA) is 86.8 Å². The van der Waals surface area contributed by atoms with Crippen LogP contribution in [0.15, 0.2) is 78.9 Å². The van der Waals surface area contributed by atoms with Gasteiger partial charge in [0.25, 0.3) is 0 Å². The minimum absolute atomic E-state index is 0.0592. The Balaban J connectivity index is 1.73. The van der Waals surface area contributed by atoms with Crippen LogP contribution in [0.25, 0.3) is 0 Å². The largest absolute Gasteiger partial charge is 0.352 e. The molecule has 218 valence electrons. The van der Waals surface area contributed by atoms with Gasteiger partial charge >= 0.3 is 0 Å². The number of hydrogen-bond acceptors (Lipinski definition) is 4. The quantitative estimate of drug-likeness (QED) is 0.317. The molecule has 1 aliphatic carbocycles. The second-order valence-electron chi connectivity index (χ2n) is 10.7. The summed E-state index contributed by atoms with van der Waals surface area (Å²) < 4.78 is 26.9. The Morgan fingerprint density at radius 1 is 0.951 bits per heavy atom. The first-order chi connectivity index (χ1) is 19.6. The van der Waals surface area contributed by atoms with Crippen LogP contribution in [-0.4, -0.2) is 50.0 Å². The first-order valence-corrected chi connectivity index (χ1v) is 16.3. The molecule has 1 aliphatic rings.